The number of pyridine rings is 1. The third kappa shape index (κ3) is 3.99. The highest BCUT2D eigenvalue weighted by Crippen LogP contribution is 2.37. The maximum absolute atomic E-state index is 13.4. The first kappa shape index (κ1) is 22.7. The van der Waals surface area contributed by atoms with Crippen LogP contribution in [-0.2, 0) is 21.4 Å². The van der Waals surface area contributed by atoms with Gasteiger partial charge in [-0.1, -0.05) is 11.6 Å². The van der Waals surface area contributed by atoms with Gasteiger partial charge >= 0.3 is 0 Å². The molecule has 0 spiro atoms. The second-order valence-corrected chi connectivity index (χ2v) is 11.4. The molecule has 1 fully saturated rings. The number of amides is 1. The molecule has 1 aromatic carbocycles. The van der Waals surface area contributed by atoms with Crippen LogP contribution in [0.2, 0.25) is 5.02 Å². The number of nitrogens with two attached hydrogens (primary N) is 1. The molecule has 0 saturated carbocycles. The molecule has 1 amide bonds. The normalized spacial score (nSPS) is 16.9. The molecule has 168 valence electrons. The fraction of sp³-hybridized carbons (Fsp3) is 0.286. The molecule has 0 aliphatic carbocycles. The summed E-state index contributed by atoms with van der Waals surface area (Å²) in [7, 11) is -2.41. The Hall–Kier alpha value is -2.53. The zero-order valence-corrected chi connectivity index (χ0v) is 19.9. The Kier molecular flexibility index (Phi) is 5.97. The standard InChI is InChI=1S/C21H22ClN5O3S2/c1-12-15-10-14(22)3-4-18(15)31-21(12)32(29,30)26(2)17-6-8-27(20(17)28)11-13-5-7-25-16(9-13)19(23)24/h3-5,7,9-10,17H,6,8,11H2,1-2H3,(H3,23,24)/t17-/m0/s1. The van der Waals surface area contributed by atoms with Crippen LogP contribution in [0.5, 0.6) is 0 Å². The van der Waals surface area contributed by atoms with Crippen LogP contribution in [0.4, 0.5) is 0 Å². The monoisotopic (exact) mass is 491 g/mol. The minimum absolute atomic E-state index is 0.150. The van der Waals surface area contributed by atoms with Gasteiger partial charge in [0.25, 0.3) is 10.0 Å². The zero-order chi connectivity index (χ0) is 23.2. The third-order valence-corrected chi connectivity index (χ3v) is 9.62. The summed E-state index contributed by atoms with van der Waals surface area (Å²) in [4.78, 5) is 18.7. The maximum Gasteiger partial charge on any atom is 0.253 e. The molecule has 1 aliphatic rings. The minimum atomic E-state index is -3.87. The summed E-state index contributed by atoms with van der Waals surface area (Å²) >= 11 is 7.26. The van der Waals surface area contributed by atoms with Gasteiger partial charge in [0, 0.05) is 36.1 Å². The van der Waals surface area contributed by atoms with Crippen LogP contribution in [0.15, 0.2) is 40.7 Å². The highest BCUT2D eigenvalue weighted by Gasteiger charge is 2.41. The van der Waals surface area contributed by atoms with Crippen LogP contribution in [0, 0.1) is 12.3 Å². The Morgan fingerprint density at radius 3 is 2.84 bits per heavy atom. The lowest BCUT2D eigenvalue weighted by molar-refractivity contribution is -0.131. The number of sulfonamides is 1. The zero-order valence-electron chi connectivity index (χ0n) is 17.5. The summed E-state index contributed by atoms with van der Waals surface area (Å²) in [5.74, 6) is -0.401. The molecule has 3 heterocycles. The molecule has 11 heteroatoms. The van der Waals surface area contributed by atoms with Crippen molar-refractivity contribution < 1.29 is 13.2 Å². The Morgan fingerprint density at radius 2 is 2.12 bits per heavy atom. The molecule has 0 radical (unpaired) electrons. The summed E-state index contributed by atoms with van der Waals surface area (Å²) in [6.07, 6.45) is 1.94. The predicted octanol–water partition coefficient (Wildman–Crippen LogP) is 2.96. The average Bonchev–Trinajstić information content (AvgIpc) is 3.28. The molecule has 0 bridgehead atoms. The Bertz CT molecular complexity index is 1340. The summed E-state index contributed by atoms with van der Waals surface area (Å²) in [6.45, 7) is 2.49. The Labute approximate surface area is 195 Å². The number of likely N-dealkylation sites (N-methyl/N-ethyl adjacent to an activating group) is 1. The molecular formula is C21H22ClN5O3S2. The van der Waals surface area contributed by atoms with E-state index < -0.39 is 16.1 Å². The number of hydrogen-bond acceptors (Lipinski definition) is 6. The SMILES string of the molecule is Cc1c(S(=O)(=O)N(C)[C@H]2CCN(Cc3ccnc(C(=N)N)c3)C2=O)sc2ccc(Cl)cc12. The van der Waals surface area contributed by atoms with Crippen LogP contribution in [0.1, 0.15) is 23.2 Å². The average molecular weight is 492 g/mol. The van der Waals surface area contributed by atoms with Gasteiger partial charge in [-0.3, -0.25) is 15.2 Å². The first-order valence-corrected chi connectivity index (χ1v) is 12.5. The van der Waals surface area contributed by atoms with Gasteiger partial charge < -0.3 is 10.6 Å². The van der Waals surface area contributed by atoms with Crippen molar-refractivity contribution in [3.8, 4) is 0 Å². The number of nitrogen functional groups attached to an aromatic ring is 1. The number of nitrogens with one attached hydrogen (secondary N) is 1. The number of benzene rings is 1. The molecule has 4 rings (SSSR count). The summed E-state index contributed by atoms with van der Waals surface area (Å²) in [5.41, 5.74) is 7.24. The van der Waals surface area contributed by atoms with Crippen molar-refractivity contribution in [1.29, 1.82) is 5.41 Å². The summed E-state index contributed by atoms with van der Waals surface area (Å²) < 4.78 is 29.1. The molecule has 1 atom stereocenters. The van der Waals surface area contributed by atoms with Gasteiger partial charge in [0.15, 0.2) is 0 Å². The number of aromatic nitrogens is 1. The van der Waals surface area contributed by atoms with Crippen LogP contribution >= 0.6 is 22.9 Å². The molecule has 8 nitrogen and oxygen atoms in total. The maximum atomic E-state index is 13.4. The van der Waals surface area contributed by atoms with Gasteiger partial charge in [-0.05, 0) is 60.2 Å². The van der Waals surface area contributed by atoms with Gasteiger partial charge in [0.1, 0.15) is 21.8 Å². The lowest BCUT2D eigenvalue weighted by Crippen LogP contribution is -2.42. The van der Waals surface area contributed by atoms with Gasteiger partial charge in [0.05, 0.1) is 0 Å². The van der Waals surface area contributed by atoms with Gasteiger partial charge in [-0.2, -0.15) is 4.31 Å². The number of likely N-dealkylation sites (tertiary alicyclic amines) is 1. The Balaban J connectivity index is 1.57. The van der Waals surface area contributed by atoms with Crippen LogP contribution in [0.25, 0.3) is 10.1 Å². The molecular weight excluding hydrogens is 470 g/mol. The number of nitrogens with zero attached hydrogens (tertiary/aromatic N) is 3. The molecule has 1 saturated heterocycles. The van der Waals surface area contributed by atoms with Gasteiger partial charge in [-0.25, -0.2) is 8.42 Å². The van der Waals surface area contributed by atoms with E-state index in [4.69, 9.17) is 22.7 Å². The van der Waals surface area contributed by atoms with Crippen molar-refractivity contribution in [2.24, 2.45) is 5.73 Å². The van der Waals surface area contributed by atoms with Crippen molar-refractivity contribution in [3.63, 3.8) is 0 Å². The number of fused-ring (bicyclic) bond motifs is 1. The number of carbonyl (C=O) groups is 1. The van der Waals surface area contributed by atoms with Crippen molar-refractivity contribution in [2.45, 2.75) is 30.1 Å². The summed E-state index contributed by atoms with van der Waals surface area (Å²) in [5, 5.41) is 8.86. The highest BCUT2D eigenvalue weighted by atomic mass is 35.5. The minimum Gasteiger partial charge on any atom is -0.382 e. The number of amidine groups is 1. The van der Waals surface area contributed by atoms with Crippen LogP contribution in [-0.4, -0.2) is 54.0 Å². The van der Waals surface area contributed by atoms with E-state index in [1.165, 1.54) is 28.9 Å². The lowest BCUT2D eigenvalue weighted by Gasteiger charge is -2.23. The molecule has 0 unspecified atom stereocenters. The second-order valence-electron chi connectivity index (χ2n) is 7.70. The topological polar surface area (TPSA) is 120 Å². The summed E-state index contributed by atoms with van der Waals surface area (Å²) in [6, 6.07) is 7.93. The number of carbonyl (C=O) groups excluding carboxylic acids is 1. The smallest absolute Gasteiger partial charge is 0.253 e. The number of halogens is 1. The van der Waals surface area contributed by atoms with E-state index in [0.29, 0.717) is 35.8 Å². The van der Waals surface area contributed by atoms with Crippen molar-refractivity contribution in [3.05, 3.63) is 58.4 Å². The number of hydrogen-bond donors (Lipinski definition) is 2. The van der Waals surface area contributed by atoms with E-state index in [1.54, 1.807) is 42.2 Å². The van der Waals surface area contributed by atoms with E-state index in [9.17, 15) is 13.2 Å². The Morgan fingerprint density at radius 1 is 1.38 bits per heavy atom. The van der Waals surface area contributed by atoms with Crippen LogP contribution < -0.4 is 5.73 Å². The van der Waals surface area contributed by atoms with E-state index in [-0.39, 0.29) is 16.0 Å². The first-order valence-electron chi connectivity index (χ1n) is 9.84. The van der Waals surface area contributed by atoms with Crippen molar-refractivity contribution >= 4 is 54.8 Å². The van der Waals surface area contributed by atoms with Gasteiger partial charge in [0.2, 0.25) is 5.91 Å². The van der Waals surface area contributed by atoms with E-state index in [1.807, 2.05) is 0 Å². The third-order valence-electron chi connectivity index (χ3n) is 5.65. The second kappa shape index (κ2) is 8.43. The number of aryl methyl sites for hydroxylation is 1. The largest absolute Gasteiger partial charge is 0.382 e. The molecule has 1 aliphatic heterocycles. The first-order chi connectivity index (χ1) is 15.1. The van der Waals surface area contributed by atoms with Gasteiger partial charge in [-0.15, -0.1) is 11.3 Å². The predicted molar refractivity (Wildman–Crippen MR) is 126 cm³/mol. The fourth-order valence-corrected chi connectivity index (χ4v) is 7.30. The fourth-order valence-electron chi connectivity index (χ4n) is 3.87. The van der Waals surface area contributed by atoms with Crippen molar-refractivity contribution in [2.75, 3.05) is 13.6 Å². The van der Waals surface area contributed by atoms with E-state index in [0.717, 1.165) is 15.6 Å². The van der Waals surface area contributed by atoms with Crippen molar-refractivity contribution in [1.82, 2.24) is 14.2 Å². The number of rotatable bonds is 6. The molecule has 32 heavy (non-hydrogen) atoms. The highest BCUT2D eigenvalue weighted by molar-refractivity contribution is 7.91. The van der Waals surface area contributed by atoms with E-state index >= 15 is 0 Å². The molecule has 3 aromatic rings. The number of thiophene rings is 1. The molecule has 3 N–H and O–H groups in total. The quantitative estimate of drug-likeness (QED) is 0.405. The van der Waals surface area contributed by atoms with E-state index in [2.05, 4.69) is 4.98 Å². The molecule has 2 aromatic heterocycles. The van der Waals surface area contributed by atoms with Crippen LogP contribution in [0.3, 0.4) is 0 Å². The lowest BCUT2D eigenvalue weighted by atomic mass is 10.2.